The van der Waals surface area contributed by atoms with Gasteiger partial charge in [-0.05, 0) is 31.0 Å². The maximum absolute atomic E-state index is 13.0. The van der Waals surface area contributed by atoms with Crippen LogP contribution in [0.1, 0.15) is 18.4 Å². The molecule has 2 aromatic rings. The zero-order valence-electron chi connectivity index (χ0n) is 16.9. The summed E-state index contributed by atoms with van der Waals surface area (Å²) in [5, 5.41) is 9.15. The van der Waals surface area contributed by atoms with Crippen molar-refractivity contribution in [1.82, 2.24) is 4.31 Å². The average molecular weight is 445 g/mol. The Labute approximate surface area is 180 Å². The Hall–Kier alpha value is -3.12. The van der Waals surface area contributed by atoms with Crippen LogP contribution in [-0.4, -0.2) is 55.9 Å². The van der Waals surface area contributed by atoms with Crippen LogP contribution in [0, 0.1) is 4.91 Å². The number of carbonyl (C=O) groups is 1. The van der Waals surface area contributed by atoms with Gasteiger partial charge in [0.25, 0.3) is 4.92 Å². The van der Waals surface area contributed by atoms with Crippen LogP contribution < -0.4 is 16.1 Å². The predicted octanol–water partition coefficient (Wildman–Crippen LogP) is 0.637. The second-order valence-corrected chi connectivity index (χ2v) is 9.62. The van der Waals surface area contributed by atoms with E-state index in [1.807, 2.05) is 26.0 Å². The molecule has 3 N–H and O–H groups in total. The molecule has 0 radical (unpaired) electrons. The summed E-state index contributed by atoms with van der Waals surface area (Å²) >= 11 is 0. The topological polar surface area (TPSA) is 133 Å². The van der Waals surface area contributed by atoms with Gasteiger partial charge in [0.15, 0.2) is 0 Å². The molecule has 10 nitrogen and oxygen atoms in total. The summed E-state index contributed by atoms with van der Waals surface area (Å²) in [4.78, 5) is 24.7. The number of sulfonamides is 1. The van der Waals surface area contributed by atoms with Crippen molar-refractivity contribution in [2.75, 3.05) is 23.7 Å². The number of nitrogens with zero attached hydrogens (tertiary/aromatic N) is 3. The fourth-order valence-corrected chi connectivity index (χ4v) is 5.55. The SMILES string of the molecule is Bc1ccc2c(c1)COC(=O)N2C1CCN(S(=O)(=O)c2ccc(N)c([N+](=O)O)c2)CC1. The highest BCUT2D eigenvalue weighted by Gasteiger charge is 2.37. The summed E-state index contributed by atoms with van der Waals surface area (Å²) in [5.74, 6) is 0. The number of anilines is 2. The molecule has 2 aliphatic rings. The van der Waals surface area contributed by atoms with E-state index in [0.717, 1.165) is 22.8 Å². The summed E-state index contributed by atoms with van der Waals surface area (Å²) in [5.41, 5.74) is 8.04. The zero-order chi connectivity index (χ0) is 22.3. The maximum atomic E-state index is 13.0. The maximum Gasteiger partial charge on any atom is 0.414 e. The van der Waals surface area contributed by atoms with Gasteiger partial charge in [0.1, 0.15) is 20.1 Å². The first-order valence-electron chi connectivity index (χ1n) is 9.80. The van der Waals surface area contributed by atoms with Crippen molar-refractivity contribution in [3.63, 3.8) is 0 Å². The minimum absolute atomic E-state index is 0.0346. The van der Waals surface area contributed by atoms with E-state index < -0.39 is 21.0 Å². The molecule has 0 saturated carbocycles. The Morgan fingerprint density at radius 2 is 1.87 bits per heavy atom. The van der Waals surface area contributed by atoms with Gasteiger partial charge < -0.3 is 10.5 Å². The number of carbonyl (C=O) groups excluding carboxylic acids is 1. The lowest BCUT2D eigenvalue weighted by Crippen LogP contribution is -2.50. The molecule has 162 valence electrons. The van der Waals surface area contributed by atoms with Gasteiger partial charge in [-0.2, -0.15) is 4.31 Å². The molecule has 12 heteroatoms. The number of ether oxygens (including phenoxy) is 1. The molecule has 1 saturated heterocycles. The number of hydrogen-bond donors (Lipinski definition) is 2. The third-order valence-electron chi connectivity index (χ3n) is 5.68. The number of nitrogens with two attached hydrogens (primary N) is 1. The van der Waals surface area contributed by atoms with E-state index >= 15 is 0 Å². The van der Waals surface area contributed by atoms with E-state index in [0.29, 0.717) is 12.8 Å². The van der Waals surface area contributed by atoms with Crippen molar-refractivity contribution in [2.45, 2.75) is 30.4 Å². The molecule has 0 spiro atoms. The first-order chi connectivity index (χ1) is 14.7. The Morgan fingerprint density at radius 1 is 1.16 bits per heavy atom. The van der Waals surface area contributed by atoms with Crippen LogP contribution >= 0.6 is 0 Å². The number of nitrogen functional groups attached to an aromatic ring is 1. The molecule has 2 aliphatic heterocycles. The molecule has 4 rings (SSSR count). The van der Waals surface area contributed by atoms with Gasteiger partial charge in [-0.15, -0.1) is 0 Å². The molecule has 0 bridgehead atoms. The largest absolute Gasteiger partial charge is 0.444 e. The molecule has 0 unspecified atom stereocenters. The Morgan fingerprint density at radius 3 is 2.55 bits per heavy atom. The van der Waals surface area contributed by atoms with Gasteiger partial charge in [-0.1, -0.05) is 17.6 Å². The van der Waals surface area contributed by atoms with Crippen molar-refractivity contribution >= 4 is 46.5 Å². The molecule has 0 aromatic heterocycles. The van der Waals surface area contributed by atoms with E-state index in [1.54, 1.807) is 4.90 Å². The molecule has 0 aliphatic carbocycles. The van der Waals surface area contributed by atoms with E-state index in [1.165, 1.54) is 16.4 Å². The Balaban J connectivity index is 1.53. The molecule has 1 amide bonds. The van der Waals surface area contributed by atoms with E-state index in [-0.39, 0.29) is 42.0 Å². The number of benzene rings is 2. The van der Waals surface area contributed by atoms with Crippen LogP contribution in [0.25, 0.3) is 0 Å². The van der Waals surface area contributed by atoms with Gasteiger partial charge in [0, 0.05) is 30.8 Å². The Kier molecular flexibility index (Phi) is 5.35. The van der Waals surface area contributed by atoms with E-state index in [4.69, 9.17) is 15.7 Å². The van der Waals surface area contributed by atoms with Crippen molar-refractivity contribution in [2.24, 2.45) is 0 Å². The normalized spacial score (nSPS) is 17.8. The number of fused-ring (bicyclic) bond motifs is 1. The second-order valence-electron chi connectivity index (χ2n) is 7.69. The molecule has 2 heterocycles. The van der Waals surface area contributed by atoms with Crippen LogP contribution in [0.3, 0.4) is 0 Å². The number of piperidine rings is 1. The summed E-state index contributed by atoms with van der Waals surface area (Å²) in [6.45, 7) is 0.608. The summed E-state index contributed by atoms with van der Waals surface area (Å²) < 4.78 is 32.7. The standard InChI is InChI=1S/C19H22BN4O6S/c20-13-1-4-17-12(9-13)11-30-19(25)23(17)14-5-7-22(8-6-14)31(28,29)15-2-3-16(21)18(10-15)24(26)27/h1-4,9-10,14H,5-8,11,20-21H2,(H,26,27)/q+1. The summed E-state index contributed by atoms with van der Waals surface area (Å²) in [6, 6.07) is 9.22. The first-order valence-corrected chi connectivity index (χ1v) is 11.2. The minimum Gasteiger partial charge on any atom is -0.444 e. The zero-order valence-corrected chi connectivity index (χ0v) is 17.7. The third kappa shape index (κ3) is 3.84. The lowest BCUT2D eigenvalue weighted by Gasteiger charge is -2.39. The number of rotatable bonds is 4. The predicted molar refractivity (Wildman–Crippen MR) is 115 cm³/mol. The molecular formula is C19H22BN4O6S+. The molecule has 1 fully saturated rings. The van der Waals surface area contributed by atoms with Crippen LogP contribution in [0.5, 0.6) is 0 Å². The van der Waals surface area contributed by atoms with Crippen LogP contribution in [0.15, 0.2) is 41.3 Å². The van der Waals surface area contributed by atoms with Crippen molar-refractivity contribution < 1.29 is 28.1 Å². The summed E-state index contributed by atoms with van der Waals surface area (Å²) in [7, 11) is -1.93. The molecule has 0 atom stereocenters. The molecular weight excluding hydrogens is 423 g/mol. The lowest BCUT2D eigenvalue weighted by molar-refractivity contribution is -0.729. The number of cyclic esters (lactones) is 1. The van der Waals surface area contributed by atoms with E-state index in [9.17, 15) is 18.1 Å². The fraction of sp³-hybridized carbons (Fsp3) is 0.316. The summed E-state index contributed by atoms with van der Waals surface area (Å²) in [6.07, 6.45) is 0.424. The van der Waals surface area contributed by atoms with Crippen LogP contribution in [-0.2, 0) is 21.4 Å². The van der Waals surface area contributed by atoms with Gasteiger partial charge in [0.05, 0.1) is 15.5 Å². The monoisotopic (exact) mass is 445 g/mol. The highest BCUT2D eigenvalue weighted by Crippen LogP contribution is 2.33. The second kappa shape index (κ2) is 7.86. The lowest BCUT2D eigenvalue weighted by atomic mass is 9.92. The first kappa shape index (κ1) is 21.1. The smallest absolute Gasteiger partial charge is 0.414 e. The van der Waals surface area contributed by atoms with Gasteiger partial charge in [-0.3, -0.25) is 4.90 Å². The quantitative estimate of drug-likeness (QED) is 0.401. The third-order valence-corrected chi connectivity index (χ3v) is 7.57. The van der Waals surface area contributed by atoms with Crippen molar-refractivity contribution in [3.05, 3.63) is 46.9 Å². The van der Waals surface area contributed by atoms with Gasteiger partial charge >= 0.3 is 11.8 Å². The van der Waals surface area contributed by atoms with Crippen molar-refractivity contribution in [1.29, 1.82) is 0 Å². The minimum atomic E-state index is -3.90. The molecule has 31 heavy (non-hydrogen) atoms. The fourth-order valence-electron chi connectivity index (χ4n) is 4.06. The number of hydrogen-bond acceptors (Lipinski definition) is 6. The van der Waals surface area contributed by atoms with Crippen LogP contribution in [0.4, 0.5) is 21.9 Å². The average Bonchev–Trinajstić information content (AvgIpc) is 2.74. The van der Waals surface area contributed by atoms with E-state index in [2.05, 4.69) is 0 Å². The van der Waals surface area contributed by atoms with Gasteiger partial charge in [-0.25, -0.2) is 18.4 Å². The highest BCUT2D eigenvalue weighted by molar-refractivity contribution is 7.89. The van der Waals surface area contributed by atoms with Gasteiger partial charge in [0.2, 0.25) is 10.0 Å². The number of amides is 1. The molecule has 2 aromatic carbocycles. The highest BCUT2D eigenvalue weighted by atomic mass is 32.2. The van der Waals surface area contributed by atoms with Crippen LogP contribution in [0.2, 0.25) is 0 Å². The van der Waals surface area contributed by atoms with Crippen molar-refractivity contribution in [3.8, 4) is 0 Å². The Bertz CT molecular complexity index is 1160.